The topological polar surface area (TPSA) is 52.0 Å². The van der Waals surface area contributed by atoms with E-state index in [2.05, 4.69) is 34.8 Å². The predicted octanol–water partition coefficient (Wildman–Crippen LogP) is 4.76. The van der Waals surface area contributed by atoms with Crippen LogP contribution >= 0.6 is 15.9 Å². The first kappa shape index (κ1) is 13.2. The molecular weight excluding hydrogens is 316 g/mol. The molecule has 102 valence electrons. The van der Waals surface area contributed by atoms with Gasteiger partial charge in [0.2, 0.25) is 5.89 Å². The molecule has 3 rings (SSSR count). The van der Waals surface area contributed by atoms with E-state index in [1.807, 2.05) is 31.2 Å². The van der Waals surface area contributed by atoms with Crippen LogP contribution in [0.25, 0.3) is 22.6 Å². The molecule has 4 heteroatoms. The fourth-order valence-electron chi connectivity index (χ4n) is 2.24. The number of rotatable bonds is 1. The largest absolute Gasteiger partial charge is 0.435 e. The van der Waals surface area contributed by atoms with Crippen molar-refractivity contribution in [3.8, 4) is 11.5 Å². The van der Waals surface area contributed by atoms with Crippen molar-refractivity contribution in [1.82, 2.24) is 4.98 Å². The molecule has 0 aliphatic carbocycles. The Balaban J connectivity index is 2.29. The summed E-state index contributed by atoms with van der Waals surface area (Å²) in [6, 6.07) is 7.82. The fraction of sp³-hybridized carbons (Fsp3) is 0.188. The summed E-state index contributed by atoms with van der Waals surface area (Å²) in [6.45, 7) is 6.11. The van der Waals surface area contributed by atoms with E-state index in [9.17, 15) is 0 Å². The maximum atomic E-state index is 5.95. The summed E-state index contributed by atoms with van der Waals surface area (Å²) < 4.78 is 6.91. The van der Waals surface area contributed by atoms with Gasteiger partial charge in [0.05, 0.1) is 4.47 Å². The van der Waals surface area contributed by atoms with Crippen molar-refractivity contribution >= 4 is 32.7 Å². The SMILES string of the molecule is Cc1cc2nc(-c3cccc(N)c3C)oc2c(Br)c1C. The van der Waals surface area contributed by atoms with Gasteiger partial charge >= 0.3 is 0 Å². The summed E-state index contributed by atoms with van der Waals surface area (Å²) in [5, 5.41) is 0. The lowest BCUT2D eigenvalue weighted by molar-refractivity contribution is 0.617. The van der Waals surface area contributed by atoms with Gasteiger partial charge in [-0.15, -0.1) is 0 Å². The van der Waals surface area contributed by atoms with E-state index in [4.69, 9.17) is 10.2 Å². The van der Waals surface area contributed by atoms with Gasteiger partial charge in [-0.3, -0.25) is 0 Å². The van der Waals surface area contributed by atoms with Crippen LogP contribution in [0.15, 0.2) is 33.2 Å². The normalized spacial score (nSPS) is 11.2. The van der Waals surface area contributed by atoms with Crippen molar-refractivity contribution in [3.63, 3.8) is 0 Å². The molecule has 2 N–H and O–H groups in total. The number of benzene rings is 2. The zero-order valence-electron chi connectivity index (χ0n) is 11.6. The minimum absolute atomic E-state index is 0.607. The van der Waals surface area contributed by atoms with Crippen LogP contribution in [0, 0.1) is 20.8 Å². The Bertz CT molecular complexity index is 821. The molecule has 0 fully saturated rings. The monoisotopic (exact) mass is 330 g/mol. The molecule has 0 unspecified atom stereocenters. The highest BCUT2D eigenvalue weighted by Gasteiger charge is 2.15. The number of nitrogens with zero attached hydrogens (tertiary/aromatic N) is 1. The highest BCUT2D eigenvalue weighted by Crippen LogP contribution is 2.35. The van der Waals surface area contributed by atoms with Crippen LogP contribution < -0.4 is 5.73 Å². The number of nitrogen functional groups attached to an aromatic ring is 1. The fourth-order valence-corrected chi connectivity index (χ4v) is 2.84. The van der Waals surface area contributed by atoms with Gasteiger partial charge < -0.3 is 10.2 Å². The van der Waals surface area contributed by atoms with Gasteiger partial charge in [-0.2, -0.15) is 0 Å². The first-order valence-electron chi connectivity index (χ1n) is 6.40. The van der Waals surface area contributed by atoms with Crippen molar-refractivity contribution in [2.24, 2.45) is 0 Å². The molecule has 1 aromatic heterocycles. The van der Waals surface area contributed by atoms with E-state index in [1.165, 1.54) is 11.1 Å². The van der Waals surface area contributed by atoms with Gasteiger partial charge in [-0.25, -0.2) is 4.98 Å². The van der Waals surface area contributed by atoms with Crippen LogP contribution in [0.4, 0.5) is 5.69 Å². The highest BCUT2D eigenvalue weighted by molar-refractivity contribution is 9.10. The molecule has 0 aliphatic heterocycles. The zero-order chi connectivity index (χ0) is 14.4. The lowest BCUT2D eigenvalue weighted by Crippen LogP contribution is -1.91. The Morgan fingerprint density at radius 3 is 2.65 bits per heavy atom. The van der Waals surface area contributed by atoms with Gasteiger partial charge in [0, 0.05) is 11.3 Å². The first-order chi connectivity index (χ1) is 9.49. The molecule has 3 aromatic rings. The van der Waals surface area contributed by atoms with Crippen molar-refractivity contribution in [2.75, 3.05) is 5.73 Å². The Labute approximate surface area is 125 Å². The number of anilines is 1. The molecule has 0 spiro atoms. The Morgan fingerprint density at radius 2 is 1.90 bits per heavy atom. The molecule has 0 bridgehead atoms. The van der Waals surface area contributed by atoms with E-state index in [0.717, 1.165) is 32.4 Å². The standard InChI is InChI=1S/C16H15BrN2O/c1-8-7-13-15(14(17)9(8)2)20-16(19-13)11-5-4-6-12(18)10(11)3/h4-7H,18H2,1-3H3. The average molecular weight is 331 g/mol. The van der Waals surface area contributed by atoms with Crippen molar-refractivity contribution < 1.29 is 4.42 Å². The lowest BCUT2D eigenvalue weighted by Gasteiger charge is -2.04. The molecule has 0 saturated heterocycles. The van der Waals surface area contributed by atoms with Crippen LogP contribution in [0.3, 0.4) is 0 Å². The summed E-state index contributed by atoms with van der Waals surface area (Å²) >= 11 is 3.59. The minimum Gasteiger partial charge on any atom is -0.435 e. The number of hydrogen-bond donors (Lipinski definition) is 1. The molecule has 0 aliphatic rings. The zero-order valence-corrected chi connectivity index (χ0v) is 13.2. The third-order valence-electron chi connectivity index (χ3n) is 3.73. The number of hydrogen-bond acceptors (Lipinski definition) is 3. The predicted molar refractivity (Wildman–Crippen MR) is 85.8 cm³/mol. The van der Waals surface area contributed by atoms with Gasteiger partial charge in [0.1, 0.15) is 5.52 Å². The summed E-state index contributed by atoms with van der Waals surface area (Å²) in [5.74, 6) is 0.607. The van der Waals surface area contributed by atoms with E-state index in [1.54, 1.807) is 0 Å². The summed E-state index contributed by atoms with van der Waals surface area (Å²) in [5.41, 5.74) is 12.6. The van der Waals surface area contributed by atoms with Gasteiger partial charge in [-0.05, 0) is 71.6 Å². The molecule has 1 heterocycles. The van der Waals surface area contributed by atoms with E-state index in [0.29, 0.717) is 5.89 Å². The van der Waals surface area contributed by atoms with Crippen molar-refractivity contribution in [3.05, 3.63) is 45.4 Å². The van der Waals surface area contributed by atoms with E-state index < -0.39 is 0 Å². The van der Waals surface area contributed by atoms with Gasteiger partial charge in [0.15, 0.2) is 5.58 Å². The van der Waals surface area contributed by atoms with Crippen LogP contribution in [0.5, 0.6) is 0 Å². The number of aromatic nitrogens is 1. The average Bonchev–Trinajstić information content (AvgIpc) is 2.83. The third kappa shape index (κ3) is 1.91. The van der Waals surface area contributed by atoms with Crippen molar-refractivity contribution in [2.45, 2.75) is 20.8 Å². The Hall–Kier alpha value is -1.81. The number of oxazole rings is 1. The molecule has 3 nitrogen and oxygen atoms in total. The highest BCUT2D eigenvalue weighted by atomic mass is 79.9. The van der Waals surface area contributed by atoms with Crippen LogP contribution in [-0.2, 0) is 0 Å². The maximum Gasteiger partial charge on any atom is 0.227 e. The maximum absolute atomic E-state index is 5.95. The summed E-state index contributed by atoms with van der Waals surface area (Å²) in [7, 11) is 0. The second-order valence-corrected chi connectivity index (χ2v) is 5.81. The molecular formula is C16H15BrN2O. The lowest BCUT2D eigenvalue weighted by atomic mass is 10.1. The van der Waals surface area contributed by atoms with E-state index >= 15 is 0 Å². The number of halogens is 1. The second-order valence-electron chi connectivity index (χ2n) is 5.02. The van der Waals surface area contributed by atoms with E-state index in [-0.39, 0.29) is 0 Å². The third-order valence-corrected chi connectivity index (χ3v) is 4.69. The molecule has 20 heavy (non-hydrogen) atoms. The molecule has 0 radical (unpaired) electrons. The van der Waals surface area contributed by atoms with Crippen LogP contribution in [0.1, 0.15) is 16.7 Å². The molecule has 0 amide bonds. The summed E-state index contributed by atoms with van der Waals surface area (Å²) in [6.07, 6.45) is 0. The van der Waals surface area contributed by atoms with Gasteiger partial charge in [0.25, 0.3) is 0 Å². The molecule has 2 aromatic carbocycles. The Kier molecular flexibility index (Phi) is 3.05. The van der Waals surface area contributed by atoms with Gasteiger partial charge in [-0.1, -0.05) is 6.07 Å². The smallest absolute Gasteiger partial charge is 0.227 e. The summed E-state index contributed by atoms with van der Waals surface area (Å²) in [4.78, 5) is 4.60. The number of fused-ring (bicyclic) bond motifs is 1. The quantitative estimate of drug-likeness (QED) is 0.654. The Morgan fingerprint density at radius 1 is 1.15 bits per heavy atom. The minimum atomic E-state index is 0.607. The number of nitrogens with two attached hydrogens (primary N) is 1. The van der Waals surface area contributed by atoms with Crippen LogP contribution in [-0.4, -0.2) is 4.98 Å². The van der Waals surface area contributed by atoms with Crippen molar-refractivity contribution in [1.29, 1.82) is 0 Å². The molecule has 0 saturated carbocycles. The van der Waals surface area contributed by atoms with Crippen LogP contribution in [0.2, 0.25) is 0 Å². The second kappa shape index (κ2) is 4.63. The molecule has 0 atom stereocenters. The number of aryl methyl sites for hydroxylation is 1. The first-order valence-corrected chi connectivity index (χ1v) is 7.20.